The molecule has 0 bridgehead atoms. The number of rotatable bonds is 8. The predicted octanol–water partition coefficient (Wildman–Crippen LogP) is 3.24. The number of aliphatic imine (C=N–C) groups is 1. The second-order valence-electron chi connectivity index (χ2n) is 7.84. The average Bonchev–Trinajstić information content (AvgIpc) is 3.08. The van der Waals surface area contributed by atoms with Gasteiger partial charge in [0.2, 0.25) is 0 Å². The lowest BCUT2D eigenvalue weighted by atomic mass is 10.0. The molecule has 3 rings (SSSR count). The van der Waals surface area contributed by atoms with Crippen LogP contribution >= 0.6 is 24.0 Å². The van der Waals surface area contributed by atoms with Gasteiger partial charge in [-0.1, -0.05) is 43.7 Å². The molecule has 0 unspecified atom stereocenters. The van der Waals surface area contributed by atoms with E-state index in [1.165, 1.54) is 24.9 Å². The molecule has 8 heteroatoms. The zero-order valence-electron chi connectivity index (χ0n) is 18.5. The van der Waals surface area contributed by atoms with Crippen LogP contribution < -0.4 is 10.6 Å². The molecule has 1 saturated heterocycles. The van der Waals surface area contributed by atoms with Gasteiger partial charge in [-0.25, -0.2) is 4.99 Å². The Bertz CT molecular complexity index is 767. The van der Waals surface area contributed by atoms with Crippen molar-refractivity contribution in [1.82, 2.24) is 30.3 Å². The lowest BCUT2D eigenvalue weighted by Gasteiger charge is -2.33. The third kappa shape index (κ3) is 7.54. The summed E-state index contributed by atoms with van der Waals surface area (Å²) in [5.41, 5.74) is 1.21. The molecular weight excluding hydrogens is 489 g/mol. The Hall–Kier alpha value is -1.68. The van der Waals surface area contributed by atoms with Crippen molar-refractivity contribution >= 4 is 29.9 Å². The van der Waals surface area contributed by atoms with Crippen molar-refractivity contribution in [2.45, 2.75) is 58.7 Å². The molecule has 2 aromatic rings. The fourth-order valence-corrected chi connectivity index (χ4v) is 3.55. The molecule has 30 heavy (non-hydrogen) atoms. The number of piperidine rings is 1. The maximum atomic E-state index is 4.83. The monoisotopic (exact) mass is 525 g/mol. The molecule has 7 nitrogen and oxygen atoms in total. The molecule has 0 spiro atoms. The topological polar surface area (TPSA) is 70.4 Å². The van der Waals surface area contributed by atoms with Crippen molar-refractivity contribution in [2.24, 2.45) is 12.0 Å². The summed E-state index contributed by atoms with van der Waals surface area (Å²) < 4.78 is 2.01. The van der Waals surface area contributed by atoms with Crippen molar-refractivity contribution in [3.05, 3.63) is 47.5 Å². The van der Waals surface area contributed by atoms with Gasteiger partial charge >= 0.3 is 0 Å². The number of nitrogens with zero attached hydrogens (tertiary/aromatic N) is 5. The summed E-state index contributed by atoms with van der Waals surface area (Å²) in [6.07, 6.45) is 4.86. The molecule has 0 amide bonds. The van der Waals surface area contributed by atoms with Crippen molar-refractivity contribution in [1.29, 1.82) is 0 Å². The SMILES string of the molecule is CCCCN1CCC(NC(=NCc2ccccc2)NCc2nnc(C)n2C)CC1.I. The van der Waals surface area contributed by atoms with Crippen molar-refractivity contribution < 1.29 is 0 Å². The number of aromatic nitrogens is 3. The van der Waals surface area contributed by atoms with E-state index in [1.807, 2.05) is 24.6 Å². The number of likely N-dealkylation sites (tertiary alicyclic amines) is 1. The normalized spacial score (nSPS) is 15.6. The van der Waals surface area contributed by atoms with Gasteiger partial charge in [0.15, 0.2) is 11.8 Å². The summed E-state index contributed by atoms with van der Waals surface area (Å²) in [6.45, 7) is 9.02. The van der Waals surface area contributed by atoms with E-state index in [-0.39, 0.29) is 24.0 Å². The first-order valence-electron chi connectivity index (χ1n) is 10.8. The second-order valence-corrected chi connectivity index (χ2v) is 7.84. The molecule has 166 valence electrons. The molecule has 0 aliphatic carbocycles. The van der Waals surface area contributed by atoms with Crippen molar-refractivity contribution in [3.63, 3.8) is 0 Å². The van der Waals surface area contributed by atoms with E-state index in [9.17, 15) is 0 Å². The molecule has 1 aromatic carbocycles. The van der Waals surface area contributed by atoms with E-state index in [0.717, 1.165) is 43.5 Å². The highest BCUT2D eigenvalue weighted by molar-refractivity contribution is 14.0. The molecule has 1 aliphatic rings. The molecule has 1 fully saturated rings. The fourth-order valence-electron chi connectivity index (χ4n) is 3.55. The van der Waals surface area contributed by atoms with E-state index in [0.29, 0.717) is 19.1 Å². The number of aryl methyl sites for hydroxylation is 1. The summed E-state index contributed by atoms with van der Waals surface area (Å²) in [6, 6.07) is 10.8. The van der Waals surface area contributed by atoms with E-state index < -0.39 is 0 Å². The molecule has 0 radical (unpaired) electrons. The average molecular weight is 525 g/mol. The predicted molar refractivity (Wildman–Crippen MR) is 133 cm³/mol. The van der Waals surface area contributed by atoms with Crippen LogP contribution in [0.2, 0.25) is 0 Å². The molecule has 2 heterocycles. The second kappa shape index (κ2) is 12.9. The highest BCUT2D eigenvalue weighted by atomic mass is 127. The lowest BCUT2D eigenvalue weighted by molar-refractivity contribution is 0.203. The quantitative estimate of drug-likeness (QED) is 0.315. The van der Waals surface area contributed by atoms with E-state index in [4.69, 9.17) is 4.99 Å². The molecular formula is C22H36IN7. The molecule has 0 saturated carbocycles. The lowest BCUT2D eigenvalue weighted by Crippen LogP contribution is -2.48. The van der Waals surface area contributed by atoms with E-state index in [2.05, 4.69) is 56.9 Å². The Morgan fingerprint density at radius 3 is 2.53 bits per heavy atom. The number of unbranched alkanes of at least 4 members (excludes halogenated alkanes) is 1. The van der Waals surface area contributed by atoms with Gasteiger partial charge in [0.05, 0.1) is 13.1 Å². The minimum Gasteiger partial charge on any atom is -0.354 e. The molecule has 0 atom stereocenters. The first kappa shape index (κ1) is 24.6. The third-order valence-electron chi connectivity index (χ3n) is 5.62. The maximum absolute atomic E-state index is 4.83. The highest BCUT2D eigenvalue weighted by Gasteiger charge is 2.19. The first-order valence-corrected chi connectivity index (χ1v) is 10.8. The third-order valence-corrected chi connectivity index (χ3v) is 5.62. The van der Waals surface area contributed by atoms with E-state index in [1.54, 1.807) is 0 Å². The fraction of sp³-hybridized carbons (Fsp3) is 0.591. The number of halogens is 1. The van der Waals surface area contributed by atoms with Crippen molar-refractivity contribution in [3.8, 4) is 0 Å². The summed E-state index contributed by atoms with van der Waals surface area (Å²) >= 11 is 0. The number of hydrogen-bond acceptors (Lipinski definition) is 4. The highest BCUT2D eigenvalue weighted by Crippen LogP contribution is 2.11. The van der Waals surface area contributed by atoms with Gasteiger partial charge in [-0.05, 0) is 38.3 Å². The van der Waals surface area contributed by atoms with Crippen LogP contribution in [0.3, 0.4) is 0 Å². The Balaban J connectivity index is 0.00000320. The largest absolute Gasteiger partial charge is 0.354 e. The van der Waals surface area contributed by atoms with Gasteiger partial charge in [0.1, 0.15) is 5.82 Å². The first-order chi connectivity index (χ1) is 14.2. The molecule has 1 aliphatic heterocycles. The van der Waals surface area contributed by atoms with Crippen molar-refractivity contribution in [2.75, 3.05) is 19.6 Å². The van der Waals surface area contributed by atoms with Gasteiger partial charge in [0.25, 0.3) is 0 Å². The minimum atomic E-state index is 0. The number of benzene rings is 1. The smallest absolute Gasteiger partial charge is 0.192 e. The number of guanidine groups is 1. The van der Waals surface area contributed by atoms with Crippen LogP contribution in [0.15, 0.2) is 35.3 Å². The van der Waals surface area contributed by atoms with Gasteiger partial charge in [-0.3, -0.25) is 0 Å². The van der Waals surface area contributed by atoms with Gasteiger partial charge in [-0.15, -0.1) is 34.2 Å². The zero-order valence-corrected chi connectivity index (χ0v) is 20.8. The maximum Gasteiger partial charge on any atom is 0.192 e. The van der Waals surface area contributed by atoms with Gasteiger partial charge in [0, 0.05) is 26.2 Å². The summed E-state index contributed by atoms with van der Waals surface area (Å²) in [4.78, 5) is 7.41. The van der Waals surface area contributed by atoms with Crippen LogP contribution in [-0.2, 0) is 20.1 Å². The van der Waals surface area contributed by atoms with E-state index >= 15 is 0 Å². The number of nitrogens with one attached hydrogen (secondary N) is 2. The Kier molecular flexibility index (Phi) is 10.6. The van der Waals surface area contributed by atoms with Crippen LogP contribution in [0, 0.1) is 6.92 Å². The zero-order chi connectivity index (χ0) is 20.5. The summed E-state index contributed by atoms with van der Waals surface area (Å²) in [7, 11) is 1.99. The van der Waals surface area contributed by atoms with Gasteiger partial charge in [-0.2, -0.15) is 0 Å². The molecule has 2 N–H and O–H groups in total. The Morgan fingerprint density at radius 1 is 1.17 bits per heavy atom. The van der Waals surface area contributed by atoms with Crippen LogP contribution in [-0.4, -0.2) is 51.3 Å². The van der Waals surface area contributed by atoms with Crippen LogP contribution in [0.1, 0.15) is 49.8 Å². The van der Waals surface area contributed by atoms with Crippen LogP contribution in [0.4, 0.5) is 0 Å². The summed E-state index contributed by atoms with van der Waals surface area (Å²) in [5.74, 6) is 2.67. The van der Waals surface area contributed by atoms with Gasteiger partial charge < -0.3 is 20.1 Å². The van der Waals surface area contributed by atoms with Crippen LogP contribution in [0.25, 0.3) is 0 Å². The Morgan fingerprint density at radius 2 is 1.90 bits per heavy atom. The minimum absolute atomic E-state index is 0. The van der Waals surface area contributed by atoms with Crippen LogP contribution in [0.5, 0.6) is 0 Å². The summed E-state index contributed by atoms with van der Waals surface area (Å²) in [5, 5.41) is 15.5. The molecule has 1 aromatic heterocycles. The Labute approximate surface area is 197 Å². The standard InChI is InChI=1S/C22H35N7.HI/c1-4-5-13-29-14-11-20(12-15-29)25-22(23-16-19-9-7-6-8-10-19)24-17-21-27-26-18(2)28(21)3;/h6-10,20H,4-5,11-17H2,1-3H3,(H2,23,24,25);1H. The number of hydrogen-bond donors (Lipinski definition) is 2.